The second kappa shape index (κ2) is 4.41. The molecule has 0 radical (unpaired) electrons. The van der Waals surface area contributed by atoms with Gasteiger partial charge in [0.15, 0.2) is 0 Å². The van der Waals surface area contributed by atoms with Crippen molar-refractivity contribution in [2.45, 2.75) is 32.6 Å². The topological polar surface area (TPSA) is 45.8 Å². The second-order valence-electron chi connectivity index (χ2n) is 4.86. The Hall–Kier alpha value is -1.90. The molecule has 0 amide bonds. The fourth-order valence-electron chi connectivity index (χ4n) is 2.57. The quantitative estimate of drug-likeness (QED) is 0.832. The van der Waals surface area contributed by atoms with E-state index >= 15 is 0 Å². The molecule has 0 saturated heterocycles. The number of benzene rings is 1. The van der Waals surface area contributed by atoms with Gasteiger partial charge in [0.05, 0.1) is 5.69 Å². The van der Waals surface area contributed by atoms with Crippen LogP contribution in [0.2, 0.25) is 0 Å². The van der Waals surface area contributed by atoms with Gasteiger partial charge in [-0.25, -0.2) is 4.98 Å². The van der Waals surface area contributed by atoms with E-state index in [1.807, 2.05) is 31.2 Å². The molecule has 3 rings (SSSR count). The van der Waals surface area contributed by atoms with Crippen molar-refractivity contribution in [2.24, 2.45) is 0 Å². The third-order valence-electron chi connectivity index (χ3n) is 3.59. The zero-order valence-electron chi connectivity index (χ0n) is 10.5. The van der Waals surface area contributed by atoms with Gasteiger partial charge in [0, 0.05) is 11.1 Å². The minimum Gasteiger partial charge on any atom is -0.306 e. The van der Waals surface area contributed by atoms with Crippen molar-refractivity contribution >= 4 is 0 Å². The Morgan fingerprint density at radius 2 is 1.94 bits per heavy atom. The van der Waals surface area contributed by atoms with Crippen molar-refractivity contribution in [1.82, 2.24) is 9.97 Å². The van der Waals surface area contributed by atoms with Gasteiger partial charge in [0.25, 0.3) is 5.56 Å². The predicted octanol–water partition coefficient (Wildman–Crippen LogP) is 2.62. The average molecular weight is 240 g/mol. The minimum absolute atomic E-state index is 0.0398. The molecule has 3 heteroatoms. The number of nitrogens with zero attached hydrogens (tertiary/aromatic N) is 1. The summed E-state index contributed by atoms with van der Waals surface area (Å²) in [6.45, 7) is 2.04. The van der Waals surface area contributed by atoms with Crippen LogP contribution in [0.5, 0.6) is 0 Å². The first-order chi connectivity index (χ1) is 8.75. The van der Waals surface area contributed by atoms with Gasteiger partial charge in [-0.2, -0.15) is 0 Å². The molecule has 0 aliphatic heterocycles. The average Bonchev–Trinajstić information content (AvgIpc) is 2.39. The van der Waals surface area contributed by atoms with Gasteiger partial charge in [0.2, 0.25) is 0 Å². The molecule has 0 spiro atoms. The van der Waals surface area contributed by atoms with E-state index in [9.17, 15) is 4.79 Å². The summed E-state index contributed by atoms with van der Waals surface area (Å²) in [4.78, 5) is 19.6. The lowest BCUT2D eigenvalue weighted by Crippen LogP contribution is -2.21. The Balaban J connectivity index is 2.17. The van der Waals surface area contributed by atoms with Crippen LogP contribution in [0.4, 0.5) is 0 Å². The molecule has 92 valence electrons. The summed E-state index contributed by atoms with van der Waals surface area (Å²) in [5.74, 6) is 0.707. The first-order valence-electron chi connectivity index (χ1n) is 6.44. The largest absolute Gasteiger partial charge is 0.306 e. The van der Waals surface area contributed by atoms with Crippen LogP contribution < -0.4 is 5.56 Å². The van der Waals surface area contributed by atoms with Crippen molar-refractivity contribution in [3.63, 3.8) is 0 Å². The van der Waals surface area contributed by atoms with Crippen LogP contribution >= 0.6 is 0 Å². The molecule has 1 aromatic carbocycles. The van der Waals surface area contributed by atoms with E-state index < -0.39 is 0 Å². The number of aromatic amines is 1. The van der Waals surface area contributed by atoms with Crippen LogP contribution in [0.15, 0.2) is 29.1 Å². The second-order valence-corrected chi connectivity index (χ2v) is 4.86. The lowest BCUT2D eigenvalue weighted by atomic mass is 9.97. The number of fused-ring (bicyclic) bond motifs is 1. The number of hydrogen-bond donors (Lipinski definition) is 1. The summed E-state index contributed by atoms with van der Waals surface area (Å²) < 4.78 is 0. The molecule has 18 heavy (non-hydrogen) atoms. The summed E-state index contributed by atoms with van der Waals surface area (Å²) in [5, 5.41) is 0. The molecule has 0 fully saturated rings. The Labute approximate surface area is 106 Å². The van der Waals surface area contributed by atoms with Gasteiger partial charge < -0.3 is 4.98 Å². The van der Waals surface area contributed by atoms with E-state index in [-0.39, 0.29) is 5.56 Å². The van der Waals surface area contributed by atoms with Crippen molar-refractivity contribution in [3.05, 3.63) is 51.4 Å². The van der Waals surface area contributed by atoms with E-state index in [2.05, 4.69) is 9.97 Å². The van der Waals surface area contributed by atoms with Gasteiger partial charge in [-0.05, 0) is 38.2 Å². The first-order valence-corrected chi connectivity index (χ1v) is 6.44. The zero-order chi connectivity index (χ0) is 12.5. The Morgan fingerprint density at radius 1 is 1.17 bits per heavy atom. The van der Waals surface area contributed by atoms with E-state index in [1.165, 1.54) is 0 Å². The van der Waals surface area contributed by atoms with E-state index in [4.69, 9.17) is 0 Å². The fourth-order valence-corrected chi connectivity index (χ4v) is 2.57. The molecule has 0 unspecified atom stereocenters. The zero-order valence-corrected chi connectivity index (χ0v) is 10.5. The number of nitrogens with one attached hydrogen (secondary N) is 1. The van der Waals surface area contributed by atoms with Crippen LogP contribution in [0, 0.1) is 6.92 Å². The van der Waals surface area contributed by atoms with Gasteiger partial charge in [0.1, 0.15) is 5.82 Å². The SMILES string of the molecule is Cc1ccccc1-c1nc2c(c(=O)[nH]1)CCCC2. The molecule has 3 nitrogen and oxygen atoms in total. The molecular formula is C15H16N2O. The highest BCUT2D eigenvalue weighted by atomic mass is 16.1. The van der Waals surface area contributed by atoms with Gasteiger partial charge >= 0.3 is 0 Å². The summed E-state index contributed by atoms with van der Waals surface area (Å²) in [7, 11) is 0. The summed E-state index contributed by atoms with van der Waals surface area (Å²) in [5.41, 5.74) is 4.07. The molecule has 1 aromatic heterocycles. The molecule has 1 aliphatic carbocycles. The van der Waals surface area contributed by atoms with Crippen LogP contribution in [-0.4, -0.2) is 9.97 Å². The number of rotatable bonds is 1. The van der Waals surface area contributed by atoms with Crippen LogP contribution in [0.25, 0.3) is 11.4 Å². The van der Waals surface area contributed by atoms with Gasteiger partial charge in [-0.1, -0.05) is 24.3 Å². The molecule has 1 heterocycles. The Bertz CT molecular complexity index is 643. The highest BCUT2D eigenvalue weighted by Gasteiger charge is 2.16. The lowest BCUT2D eigenvalue weighted by molar-refractivity contribution is 0.657. The molecule has 1 aliphatic rings. The van der Waals surface area contributed by atoms with E-state index in [0.29, 0.717) is 5.82 Å². The molecule has 0 saturated carbocycles. The number of aromatic nitrogens is 2. The van der Waals surface area contributed by atoms with Gasteiger partial charge in [-0.3, -0.25) is 4.79 Å². The smallest absolute Gasteiger partial charge is 0.254 e. The maximum Gasteiger partial charge on any atom is 0.254 e. The fraction of sp³-hybridized carbons (Fsp3) is 0.333. The first kappa shape index (κ1) is 11.2. The van der Waals surface area contributed by atoms with Crippen molar-refractivity contribution < 1.29 is 0 Å². The van der Waals surface area contributed by atoms with Crippen molar-refractivity contribution in [2.75, 3.05) is 0 Å². The standard InChI is InChI=1S/C15H16N2O/c1-10-6-2-3-7-11(10)14-16-13-9-5-4-8-12(13)15(18)17-14/h2-3,6-7H,4-5,8-9H2,1H3,(H,16,17,18). The normalized spacial score (nSPS) is 14.3. The third-order valence-corrected chi connectivity index (χ3v) is 3.59. The molecule has 0 bridgehead atoms. The predicted molar refractivity (Wildman–Crippen MR) is 71.7 cm³/mol. The molecule has 1 N–H and O–H groups in total. The molecule has 0 atom stereocenters. The van der Waals surface area contributed by atoms with Gasteiger partial charge in [-0.15, -0.1) is 0 Å². The number of H-pyrrole nitrogens is 1. The summed E-state index contributed by atoms with van der Waals surface area (Å²) in [6, 6.07) is 8.01. The summed E-state index contributed by atoms with van der Waals surface area (Å²) >= 11 is 0. The highest BCUT2D eigenvalue weighted by Crippen LogP contribution is 2.22. The number of hydrogen-bond acceptors (Lipinski definition) is 2. The Kier molecular flexibility index (Phi) is 2.74. The maximum atomic E-state index is 12.1. The minimum atomic E-state index is 0.0398. The van der Waals surface area contributed by atoms with Crippen LogP contribution in [0.3, 0.4) is 0 Å². The van der Waals surface area contributed by atoms with E-state index in [1.54, 1.807) is 0 Å². The maximum absolute atomic E-state index is 12.1. The lowest BCUT2D eigenvalue weighted by Gasteiger charge is -2.15. The third kappa shape index (κ3) is 1.86. The number of aryl methyl sites for hydroxylation is 2. The van der Waals surface area contributed by atoms with Crippen molar-refractivity contribution in [3.8, 4) is 11.4 Å². The highest BCUT2D eigenvalue weighted by molar-refractivity contribution is 5.59. The van der Waals surface area contributed by atoms with Crippen LogP contribution in [0.1, 0.15) is 29.7 Å². The van der Waals surface area contributed by atoms with E-state index in [0.717, 1.165) is 48.1 Å². The van der Waals surface area contributed by atoms with Crippen LogP contribution in [-0.2, 0) is 12.8 Å². The monoisotopic (exact) mass is 240 g/mol. The molecule has 2 aromatic rings. The Morgan fingerprint density at radius 3 is 2.78 bits per heavy atom. The molecular weight excluding hydrogens is 224 g/mol. The van der Waals surface area contributed by atoms with Crippen molar-refractivity contribution in [1.29, 1.82) is 0 Å². The summed E-state index contributed by atoms with van der Waals surface area (Å²) in [6.07, 6.45) is 4.03.